The maximum atomic E-state index is 12.9. The SMILES string of the molecule is CN1CCN(c2ccc(NC(=O)CNCCc3ccc(F)cc3)cc2)CC1. The van der Waals surface area contributed by atoms with Crippen LogP contribution in [0.4, 0.5) is 15.8 Å². The molecule has 1 fully saturated rings. The zero-order chi connectivity index (χ0) is 19.1. The molecule has 0 spiro atoms. The number of nitrogens with zero attached hydrogens (tertiary/aromatic N) is 2. The van der Waals surface area contributed by atoms with Crippen LogP contribution in [0.2, 0.25) is 0 Å². The van der Waals surface area contributed by atoms with Crippen LogP contribution in [0.3, 0.4) is 0 Å². The van der Waals surface area contributed by atoms with E-state index in [2.05, 4.69) is 39.6 Å². The second-order valence-electron chi connectivity index (χ2n) is 6.94. The average molecular weight is 370 g/mol. The van der Waals surface area contributed by atoms with E-state index in [1.165, 1.54) is 17.8 Å². The zero-order valence-corrected chi connectivity index (χ0v) is 15.7. The van der Waals surface area contributed by atoms with E-state index >= 15 is 0 Å². The Morgan fingerprint density at radius 2 is 1.67 bits per heavy atom. The van der Waals surface area contributed by atoms with Crippen molar-refractivity contribution in [3.05, 3.63) is 59.9 Å². The van der Waals surface area contributed by atoms with Gasteiger partial charge in [0.15, 0.2) is 0 Å². The Morgan fingerprint density at radius 3 is 2.33 bits per heavy atom. The van der Waals surface area contributed by atoms with Gasteiger partial charge in [0, 0.05) is 37.6 Å². The molecule has 1 amide bonds. The molecule has 3 rings (SSSR count). The topological polar surface area (TPSA) is 47.6 Å². The number of rotatable bonds is 7. The Hall–Kier alpha value is -2.44. The lowest BCUT2D eigenvalue weighted by Crippen LogP contribution is -2.44. The second-order valence-corrected chi connectivity index (χ2v) is 6.94. The summed E-state index contributed by atoms with van der Waals surface area (Å²) >= 11 is 0. The minimum Gasteiger partial charge on any atom is -0.369 e. The molecule has 1 aliphatic heterocycles. The second kappa shape index (κ2) is 9.48. The molecule has 0 unspecified atom stereocenters. The molecule has 6 heteroatoms. The average Bonchev–Trinajstić information content (AvgIpc) is 2.68. The summed E-state index contributed by atoms with van der Waals surface area (Å²) in [6, 6.07) is 14.4. The third-order valence-electron chi connectivity index (χ3n) is 4.81. The molecular weight excluding hydrogens is 343 g/mol. The van der Waals surface area contributed by atoms with Crippen LogP contribution in [0.1, 0.15) is 5.56 Å². The first-order valence-corrected chi connectivity index (χ1v) is 9.39. The van der Waals surface area contributed by atoms with Crippen molar-refractivity contribution >= 4 is 17.3 Å². The van der Waals surface area contributed by atoms with E-state index in [1.807, 2.05) is 12.1 Å². The lowest BCUT2D eigenvalue weighted by Gasteiger charge is -2.34. The van der Waals surface area contributed by atoms with Crippen LogP contribution in [0.25, 0.3) is 0 Å². The van der Waals surface area contributed by atoms with Crippen LogP contribution in [0, 0.1) is 5.82 Å². The van der Waals surface area contributed by atoms with Crippen LogP contribution < -0.4 is 15.5 Å². The van der Waals surface area contributed by atoms with Gasteiger partial charge in [0.25, 0.3) is 0 Å². The first-order chi connectivity index (χ1) is 13.1. The highest BCUT2D eigenvalue weighted by Gasteiger charge is 2.14. The van der Waals surface area contributed by atoms with Crippen LogP contribution in [-0.4, -0.2) is 57.1 Å². The number of benzene rings is 2. The number of likely N-dealkylation sites (N-methyl/N-ethyl adjacent to an activating group) is 1. The Balaban J connectivity index is 1.38. The summed E-state index contributed by atoms with van der Waals surface area (Å²) < 4.78 is 12.9. The maximum Gasteiger partial charge on any atom is 0.238 e. The number of carbonyl (C=O) groups is 1. The molecule has 2 aromatic carbocycles. The van der Waals surface area contributed by atoms with Gasteiger partial charge in [0.05, 0.1) is 6.54 Å². The van der Waals surface area contributed by atoms with Crippen molar-refractivity contribution in [2.24, 2.45) is 0 Å². The first kappa shape index (κ1) is 19.3. The molecule has 27 heavy (non-hydrogen) atoms. The lowest BCUT2D eigenvalue weighted by atomic mass is 10.1. The molecule has 2 aromatic rings. The Labute approximate surface area is 160 Å². The standard InChI is InChI=1S/C21H27FN4O/c1-25-12-14-26(15-13-25)20-8-6-19(7-9-20)24-21(27)16-23-11-10-17-2-4-18(22)5-3-17/h2-9,23H,10-16H2,1H3,(H,24,27). The molecule has 1 saturated heterocycles. The van der Waals surface area contributed by atoms with Gasteiger partial charge < -0.3 is 20.4 Å². The summed E-state index contributed by atoms with van der Waals surface area (Å²) in [5.41, 5.74) is 3.04. The zero-order valence-electron chi connectivity index (χ0n) is 15.7. The quantitative estimate of drug-likeness (QED) is 0.735. The van der Waals surface area contributed by atoms with E-state index in [4.69, 9.17) is 0 Å². The van der Waals surface area contributed by atoms with Crippen molar-refractivity contribution in [2.45, 2.75) is 6.42 Å². The fraction of sp³-hybridized carbons (Fsp3) is 0.381. The summed E-state index contributed by atoms with van der Waals surface area (Å²) in [7, 11) is 2.14. The van der Waals surface area contributed by atoms with Crippen LogP contribution in [0.5, 0.6) is 0 Å². The van der Waals surface area contributed by atoms with Crippen molar-refractivity contribution < 1.29 is 9.18 Å². The number of hydrogen-bond acceptors (Lipinski definition) is 4. The van der Waals surface area contributed by atoms with Gasteiger partial charge in [-0.25, -0.2) is 4.39 Å². The normalized spacial score (nSPS) is 15.0. The first-order valence-electron chi connectivity index (χ1n) is 9.39. The van der Waals surface area contributed by atoms with E-state index in [9.17, 15) is 9.18 Å². The van der Waals surface area contributed by atoms with Gasteiger partial charge >= 0.3 is 0 Å². The molecule has 0 aromatic heterocycles. The van der Waals surface area contributed by atoms with E-state index in [0.717, 1.165) is 43.9 Å². The summed E-state index contributed by atoms with van der Waals surface area (Å²) in [6.07, 6.45) is 0.757. The van der Waals surface area contributed by atoms with Crippen molar-refractivity contribution in [1.29, 1.82) is 0 Å². The van der Waals surface area contributed by atoms with Gasteiger partial charge in [-0.1, -0.05) is 12.1 Å². The number of nitrogens with one attached hydrogen (secondary N) is 2. The summed E-state index contributed by atoms with van der Waals surface area (Å²) in [4.78, 5) is 16.7. The number of halogens is 1. The number of hydrogen-bond donors (Lipinski definition) is 2. The van der Waals surface area contributed by atoms with Gasteiger partial charge in [-0.15, -0.1) is 0 Å². The minimum absolute atomic E-state index is 0.0681. The molecule has 0 saturated carbocycles. The van der Waals surface area contributed by atoms with Crippen molar-refractivity contribution in [2.75, 3.05) is 56.5 Å². The largest absolute Gasteiger partial charge is 0.369 e. The molecule has 2 N–H and O–H groups in total. The Bertz CT molecular complexity index is 725. The summed E-state index contributed by atoms with van der Waals surface area (Å²) in [5, 5.41) is 6.02. The highest BCUT2D eigenvalue weighted by atomic mass is 19.1. The highest BCUT2D eigenvalue weighted by Crippen LogP contribution is 2.19. The molecular formula is C21H27FN4O. The van der Waals surface area contributed by atoms with Crippen LogP contribution >= 0.6 is 0 Å². The maximum absolute atomic E-state index is 12.9. The molecule has 0 aliphatic carbocycles. The Morgan fingerprint density at radius 1 is 1.00 bits per heavy atom. The van der Waals surface area contributed by atoms with Crippen molar-refractivity contribution in [3.63, 3.8) is 0 Å². The van der Waals surface area contributed by atoms with Crippen molar-refractivity contribution in [3.8, 4) is 0 Å². The third kappa shape index (κ3) is 6.05. The van der Waals surface area contributed by atoms with Crippen molar-refractivity contribution in [1.82, 2.24) is 10.2 Å². The summed E-state index contributed by atoms with van der Waals surface area (Å²) in [5.74, 6) is -0.300. The monoisotopic (exact) mass is 370 g/mol. The van der Waals surface area contributed by atoms with E-state index in [1.54, 1.807) is 12.1 Å². The lowest BCUT2D eigenvalue weighted by molar-refractivity contribution is -0.115. The van der Waals surface area contributed by atoms with E-state index in [0.29, 0.717) is 6.54 Å². The number of anilines is 2. The predicted octanol–water partition coefficient (Wildman–Crippen LogP) is 2.35. The molecule has 0 bridgehead atoms. The molecule has 5 nitrogen and oxygen atoms in total. The molecule has 144 valence electrons. The molecule has 1 aliphatic rings. The Kier molecular flexibility index (Phi) is 6.79. The van der Waals surface area contributed by atoms with Crippen LogP contribution in [-0.2, 0) is 11.2 Å². The molecule has 1 heterocycles. The van der Waals surface area contributed by atoms with Gasteiger partial charge in [-0.2, -0.15) is 0 Å². The number of carbonyl (C=O) groups excluding carboxylic acids is 1. The number of amides is 1. The van der Waals surface area contributed by atoms with Gasteiger partial charge in [0.2, 0.25) is 5.91 Å². The van der Waals surface area contributed by atoms with E-state index < -0.39 is 0 Å². The van der Waals surface area contributed by atoms with Gasteiger partial charge in [0.1, 0.15) is 5.82 Å². The summed E-state index contributed by atoms with van der Waals surface area (Å²) in [6.45, 7) is 5.12. The van der Waals surface area contributed by atoms with E-state index in [-0.39, 0.29) is 18.3 Å². The minimum atomic E-state index is -0.232. The van der Waals surface area contributed by atoms with Crippen LogP contribution in [0.15, 0.2) is 48.5 Å². The smallest absolute Gasteiger partial charge is 0.238 e. The van der Waals surface area contributed by atoms with Gasteiger partial charge in [-0.3, -0.25) is 4.79 Å². The number of piperazine rings is 1. The molecule has 0 atom stereocenters. The van der Waals surface area contributed by atoms with Gasteiger partial charge in [-0.05, 0) is 62.0 Å². The predicted molar refractivity (Wildman–Crippen MR) is 108 cm³/mol. The fourth-order valence-corrected chi connectivity index (χ4v) is 3.11. The molecule has 0 radical (unpaired) electrons. The third-order valence-corrected chi connectivity index (χ3v) is 4.81. The fourth-order valence-electron chi connectivity index (χ4n) is 3.11. The highest BCUT2D eigenvalue weighted by molar-refractivity contribution is 5.92.